The third-order valence-electron chi connectivity index (χ3n) is 5.80. The van der Waals surface area contributed by atoms with Crippen LogP contribution in [0.4, 0.5) is 5.69 Å². The molecule has 0 saturated carbocycles. The van der Waals surface area contributed by atoms with E-state index in [1.54, 1.807) is 43.3 Å². The van der Waals surface area contributed by atoms with Gasteiger partial charge in [-0.3, -0.25) is 13.9 Å². The van der Waals surface area contributed by atoms with Crippen LogP contribution in [0, 0.1) is 6.92 Å². The molecule has 0 radical (unpaired) electrons. The summed E-state index contributed by atoms with van der Waals surface area (Å²) in [5, 5.41) is 4.07. The summed E-state index contributed by atoms with van der Waals surface area (Å²) in [7, 11) is -3.63. The van der Waals surface area contributed by atoms with Gasteiger partial charge in [0.05, 0.1) is 11.9 Å². The number of rotatable bonds is 12. The molecule has 2 rings (SSSR count). The molecule has 0 heterocycles. The predicted molar refractivity (Wildman–Crippen MR) is 152 cm³/mol. The van der Waals surface area contributed by atoms with Crippen molar-refractivity contribution in [3.8, 4) is 0 Å². The highest BCUT2D eigenvalue weighted by Crippen LogP contribution is 2.29. The van der Waals surface area contributed by atoms with E-state index < -0.39 is 16.1 Å². The minimum Gasteiger partial charge on any atom is -0.352 e. The highest BCUT2D eigenvalue weighted by molar-refractivity contribution is 7.92. The molecule has 0 aliphatic heterocycles. The van der Waals surface area contributed by atoms with Crippen molar-refractivity contribution in [3.63, 3.8) is 0 Å². The fourth-order valence-corrected chi connectivity index (χ4v) is 5.69. The first kappa shape index (κ1) is 31.2. The predicted octanol–water partition coefficient (Wildman–Crippen LogP) is 5.83. The van der Waals surface area contributed by atoms with E-state index >= 15 is 0 Å². The van der Waals surface area contributed by atoms with Gasteiger partial charge in [0.15, 0.2) is 0 Å². The van der Waals surface area contributed by atoms with Crippen LogP contribution in [0.3, 0.4) is 0 Å². The van der Waals surface area contributed by atoms with E-state index in [-0.39, 0.29) is 43.8 Å². The third-order valence-corrected chi connectivity index (χ3v) is 7.92. The van der Waals surface area contributed by atoms with Crippen LogP contribution in [0.25, 0.3) is 0 Å². The number of anilines is 1. The summed E-state index contributed by atoms with van der Waals surface area (Å²) in [5.74, 6) is -0.584. The number of sulfonamides is 1. The lowest BCUT2D eigenvalue weighted by Crippen LogP contribution is -2.50. The SMILES string of the molecule is CC[C@H](C(=O)NC(C)C)N(Cc1c(Cl)cccc1Cl)C(=O)CCCN(c1cc(Cl)ccc1C)S(C)(=O)=O. The molecule has 2 aromatic carbocycles. The Kier molecular flexibility index (Phi) is 11.6. The van der Waals surface area contributed by atoms with Crippen LogP contribution in [0.5, 0.6) is 0 Å². The Morgan fingerprint density at radius 1 is 1.05 bits per heavy atom. The molecular formula is C26H34Cl3N3O4S. The summed E-state index contributed by atoms with van der Waals surface area (Å²) in [5.41, 5.74) is 1.75. The normalized spacial score (nSPS) is 12.4. The van der Waals surface area contributed by atoms with Crippen LogP contribution in [0.1, 0.15) is 51.2 Å². The number of nitrogens with one attached hydrogen (secondary N) is 1. The van der Waals surface area contributed by atoms with Gasteiger partial charge >= 0.3 is 0 Å². The Morgan fingerprint density at radius 3 is 2.22 bits per heavy atom. The smallest absolute Gasteiger partial charge is 0.243 e. The van der Waals surface area contributed by atoms with Crippen molar-refractivity contribution in [1.29, 1.82) is 0 Å². The highest BCUT2D eigenvalue weighted by atomic mass is 35.5. The van der Waals surface area contributed by atoms with Crippen LogP contribution in [0.2, 0.25) is 15.1 Å². The Labute approximate surface area is 235 Å². The molecule has 204 valence electrons. The summed E-state index contributed by atoms with van der Waals surface area (Å²) in [4.78, 5) is 28.0. The molecule has 37 heavy (non-hydrogen) atoms. The van der Waals surface area contributed by atoms with Crippen molar-refractivity contribution in [3.05, 3.63) is 62.6 Å². The first-order valence-corrected chi connectivity index (χ1v) is 15.0. The van der Waals surface area contributed by atoms with Crippen LogP contribution >= 0.6 is 34.8 Å². The van der Waals surface area contributed by atoms with Crippen molar-refractivity contribution < 1.29 is 18.0 Å². The highest BCUT2D eigenvalue weighted by Gasteiger charge is 2.30. The Balaban J connectivity index is 2.31. The zero-order chi connectivity index (χ0) is 27.9. The van der Waals surface area contributed by atoms with Crippen LogP contribution < -0.4 is 9.62 Å². The quantitative estimate of drug-likeness (QED) is 0.337. The number of aryl methyl sites for hydroxylation is 1. The van der Waals surface area contributed by atoms with Crippen molar-refractivity contribution in [2.45, 2.75) is 65.6 Å². The molecule has 0 aliphatic rings. The minimum absolute atomic E-state index is 0.0131. The Hall–Kier alpha value is -2.00. The van der Waals surface area contributed by atoms with E-state index in [1.165, 1.54) is 9.21 Å². The lowest BCUT2D eigenvalue weighted by molar-refractivity contribution is -0.141. The molecule has 0 saturated heterocycles. The van der Waals surface area contributed by atoms with Crippen molar-refractivity contribution in [1.82, 2.24) is 10.2 Å². The monoisotopic (exact) mass is 589 g/mol. The summed E-state index contributed by atoms with van der Waals surface area (Å²) in [6.45, 7) is 7.43. The number of amides is 2. The third kappa shape index (κ3) is 8.77. The molecule has 2 aromatic rings. The van der Waals surface area contributed by atoms with Crippen molar-refractivity contribution >= 4 is 62.3 Å². The second-order valence-electron chi connectivity index (χ2n) is 9.18. The zero-order valence-electron chi connectivity index (χ0n) is 21.7. The molecule has 11 heteroatoms. The maximum Gasteiger partial charge on any atom is 0.243 e. The van der Waals surface area contributed by atoms with Gasteiger partial charge in [-0.1, -0.05) is 53.9 Å². The van der Waals surface area contributed by atoms with Gasteiger partial charge in [-0.2, -0.15) is 0 Å². The summed E-state index contributed by atoms with van der Waals surface area (Å²) < 4.78 is 26.4. The van der Waals surface area contributed by atoms with Gasteiger partial charge in [-0.05, 0) is 63.4 Å². The fourth-order valence-electron chi connectivity index (χ4n) is 3.99. The molecule has 1 atom stereocenters. The molecule has 0 unspecified atom stereocenters. The van der Waals surface area contributed by atoms with Gasteiger partial charge in [0, 0.05) is 46.2 Å². The van der Waals surface area contributed by atoms with E-state index in [1.807, 2.05) is 20.8 Å². The number of halogens is 3. The summed E-state index contributed by atoms with van der Waals surface area (Å²) in [6.07, 6.45) is 1.74. The maximum absolute atomic E-state index is 13.5. The minimum atomic E-state index is -3.63. The van der Waals surface area contributed by atoms with Crippen molar-refractivity contribution in [2.24, 2.45) is 0 Å². The second-order valence-corrected chi connectivity index (χ2v) is 12.3. The average molecular weight is 591 g/mol. The lowest BCUT2D eigenvalue weighted by Gasteiger charge is -2.32. The van der Waals surface area contributed by atoms with Gasteiger partial charge in [-0.15, -0.1) is 0 Å². The number of carbonyl (C=O) groups is 2. The molecule has 1 N–H and O–H groups in total. The molecule has 0 spiro atoms. The summed E-state index contributed by atoms with van der Waals surface area (Å²) >= 11 is 18.9. The van der Waals surface area contributed by atoms with E-state index in [2.05, 4.69) is 5.32 Å². The van der Waals surface area contributed by atoms with Crippen LogP contribution in [0.15, 0.2) is 36.4 Å². The van der Waals surface area contributed by atoms with Crippen LogP contribution in [-0.2, 0) is 26.2 Å². The molecule has 2 amide bonds. The molecule has 0 aliphatic carbocycles. The Bertz CT molecular complexity index is 1200. The molecule has 0 bridgehead atoms. The Morgan fingerprint density at radius 2 is 1.68 bits per heavy atom. The number of benzene rings is 2. The molecular weight excluding hydrogens is 557 g/mol. The lowest BCUT2D eigenvalue weighted by atomic mass is 10.1. The van der Waals surface area contributed by atoms with Gasteiger partial charge in [0.25, 0.3) is 0 Å². The average Bonchev–Trinajstić information content (AvgIpc) is 2.79. The van der Waals surface area contributed by atoms with Gasteiger partial charge in [0.2, 0.25) is 21.8 Å². The fraction of sp³-hybridized carbons (Fsp3) is 0.462. The number of carbonyl (C=O) groups excluding carboxylic acids is 2. The number of hydrogen-bond donors (Lipinski definition) is 1. The molecule has 0 fully saturated rings. The summed E-state index contributed by atoms with van der Waals surface area (Å²) in [6, 6.07) is 9.24. The van der Waals surface area contributed by atoms with Gasteiger partial charge in [-0.25, -0.2) is 8.42 Å². The van der Waals surface area contributed by atoms with Gasteiger partial charge in [0.1, 0.15) is 6.04 Å². The first-order chi connectivity index (χ1) is 17.3. The number of nitrogens with zero attached hydrogens (tertiary/aromatic N) is 2. The standard InChI is InChI=1S/C26H34Cl3N3O4S/c1-6-23(26(34)30-17(2)3)31(16-20-21(28)9-7-10-22(20)29)25(33)11-8-14-32(37(5,35)36)24-15-19(27)13-12-18(24)4/h7,9-10,12-13,15,17,23H,6,8,11,14,16H2,1-5H3,(H,30,34)/t23-/m1/s1. The van der Waals surface area contributed by atoms with E-state index in [9.17, 15) is 18.0 Å². The zero-order valence-corrected chi connectivity index (χ0v) is 24.8. The van der Waals surface area contributed by atoms with Crippen molar-refractivity contribution in [2.75, 3.05) is 17.1 Å². The number of hydrogen-bond acceptors (Lipinski definition) is 4. The van der Waals surface area contributed by atoms with E-state index in [0.29, 0.717) is 32.7 Å². The molecule has 0 aromatic heterocycles. The molecule has 7 nitrogen and oxygen atoms in total. The topological polar surface area (TPSA) is 86.8 Å². The maximum atomic E-state index is 13.5. The largest absolute Gasteiger partial charge is 0.352 e. The van der Waals surface area contributed by atoms with E-state index in [0.717, 1.165) is 11.8 Å². The second kappa shape index (κ2) is 13.7. The first-order valence-electron chi connectivity index (χ1n) is 12.0. The van der Waals surface area contributed by atoms with Crippen LogP contribution in [-0.4, -0.2) is 50.0 Å². The van der Waals surface area contributed by atoms with Gasteiger partial charge < -0.3 is 10.2 Å². The van der Waals surface area contributed by atoms with E-state index in [4.69, 9.17) is 34.8 Å².